The zero-order chi connectivity index (χ0) is 10.9. The molecule has 0 aromatic heterocycles. The fraction of sp³-hybridized carbons (Fsp3) is 1.00. The Hall–Kier alpha value is 0.0969. The smallest absolute Gasteiger partial charge is 0.377 e. The van der Waals surface area contributed by atoms with E-state index in [1.165, 1.54) is 0 Å². The van der Waals surface area contributed by atoms with Crippen LogP contribution >= 0.6 is 0 Å². The van der Waals surface area contributed by atoms with Gasteiger partial charge < -0.3 is 13.3 Å². The van der Waals surface area contributed by atoms with Crippen molar-refractivity contribution >= 4 is 8.80 Å². The molecule has 0 rings (SSSR count). The highest BCUT2D eigenvalue weighted by molar-refractivity contribution is 6.60. The topological polar surface area (TPSA) is 27.7 Å². The third-order valence-electron chi connectivity index (χ3n) is 2.04. The van der Waals surface area contributed by atoms with Crippen LogP contribution in [-0.4, -0.2) is 29.1 Å². The first-order chi connectivity index (χ1) is 6.74. The first kappa shape index (κ1) is 14.1. The van der Waals surface area contributed by atoms with Crippen molar-refractivity contribution in [2.45, 2.75) is 46.1 Å². The average molecular weight is 220 g/mol. The van der Waals surface area contributed by atoms with Crippen LogP contribution in [0.4, 0.5) is 0 Å². The minimum absolute atomic E-state index is 0.674. The summed E-state index contributed by atoms with van der Waals surface area (Å²) >= 11 is 0. The lowest BCUT2D eigenvalue weighted by Gasteiger charge is -2.27. The minimum atomic E-state index is -2.31. The van der Waals surface area contributed by atoms with Crippen molar-refractivity contribution in [3.63, 3.8) is 0 Å². The van der Waals surface area contributed by atoms with Gasteiger partial charge in [-0.05, 0) is 19.8 Å². The summed E-state index contributed by atoms with van der Waals surface area (Å²) in [6, 6.07) is 0.938. The van der Waals surface area contributed by atoms with Crippen molar-refractivity contribution < 1.29 is 13.3 Å². The van der Waals surface area contributed by atoms with Gasteiger partial charge in [-0.15, -0.1) is 0 Å². The number of hydrogen-bond donors (Lipinski definition) is 0. The summed E-state index contributed by atoms with van der Waals surface area (Å²) < 4.78 is 16.9. The van der Waals surface area contributed by atoms with Crippen LogP contribution in [0.3, 0.4) is 0 Å². The van der Waals surface area contributed by atoms with E-state index in [0.29, 0.717) is 6.61 Å². The van der Waals surface area contributed by atoms with E-state index in [9.17, 15) is 0 Å². The van der Waals surface area contributed by atoms with E-state index in [-0.39, 0.29) is 0 Å². The molecular formula is C10H24O3Si. The first-order valence-corrected chi connectivity index (χ1v) is 7.50. The van der Waals surface area contributed by atoms with Crippen LogP contribution in [-0.2, 0) is 13.3 Å². The lowest BCUT2D eigenvalue weighted by Crippen LogP contribution is -2.45. The molecule has 0 aliphatic heterocycles. The molecule has 0 spiro atoms. The molecule has 0 amide bonds. The standard InChI is InChI=1S/C10H24O3Si/c1-5-8-10-14(11-4,12-7-3)13-9-6-2/h5-10H2,1-4H3. The maximum Gasteiger partial charge on any atom is 0.500 e. The van der Waals surface area contributed by atoms with Crippen molar-refractivity contribution in [1.82, 2.24) is 0 Å². The van der Waals surface area contributed by atoms with Crippen LogP contribution in [0.5, 0.6) is 0 Å². The number of rotatable bonds is 9. The van der Waals surface area contributed by atoms with Crippen molar-refractivity contribution in [3.8, 4) is 0 Å². The third-order valence-corrected chi connectivity index (χ3v) is 5.00. The molecule has 0 bridgehead atoms. The molecule has 0 N–H and O–H groups in total. The second kappa shape index (κ2) is 8.41. The lowest BCUT2D eigenvalue weighted by molar-refractivity contribution is 0.0813. The molecule has 0 aliphatic carbocycles. The fourth-order valence-electron chi connectivity index (χ4n) is 1.28. The van der Waals surface area contributed by atoms with Gasteiger partial charge in [-0.3, -0.25) is 0 Å². The molecule has 0 fully saturated rings. The highest BCUT2D eigenvalue weighted by Gasteiger charge is 2.38. The summed E-state index contributed by atoms with van der Waals surface area (Å²) in [5.74, 6) is 0. The Morgan fingerprint density at radius 1 is 1.00 bits per heavy atom. The SMILES string of the molecule is CCCC[Si](OC)(OCC)OCCC. The third kappa shape index (κ3) is 5.10. The molecule has 1 atom stereocenters. The molecule has 1 unspecified atom stereocenters. The highest BCUT2D eigenvalue weighted by atomic mass is 28.4. The monoisotopic (exact) mass is 220 g/mol. The molecule has 0 aromatic carbocycles. The van der Waals surface area contributed by atoms with Crippen molar-refractivity contribution in [3.05, 3.63) is 0 Å². The zero-order valence-corrected chi connectivity index (χ0v) is 11.0. The Kier molecular flexibility index (Phi) is 8.47. The van der Waals surface area contributed by atoms with Gasteiger partial charge in [0.2, 0.25) is 0 Å². The summed E-state index contributed by atoms with van der Waals surface area (Å²) in [5, 5.41) is 0. The van der Waals surface area contributed by atoms with Gasteiger partial charge in [0.05, 0.1) is 0 Å². The molecule has 0 heterocycles. The van der Waals surface area contributed by atoms with E-state index in [0.717, 1.165) is 31.9 Å². The largest absolute Gasteiger partial charge is 0.500 e. The van der Waals surface area contributed by atoms with Gasteiger partial charge in [0.1, 0.15) is 0 Å². The van der Waals surface area contributed by atoms with Gasteiger partial charge in [-0.1, -0.05) is 20.3 Å². The van der Waals surface area contributed by atoms with Crippen molar-refractivity contribution in [2.24, 2.45) is 0 Å². The zero-order valence-electron chi connectivity index (χ0n) is 9.97. The minimum Gasteiger partial charge on any atom is -0.377 e. The Morgan fingerprint density at radius 2 is 1.71 bits per heavy atom. The summed E-state index contributed by atoms with van der Waals surface area (Å²) in [6.07, 6.45) is 3.28. The van der Waals surface area contributed by atoms with Crippen LogP contribution in [0.1, 0.15) is 40.0 Å². The first-order valence-electron chi connectivity index (χ1n) is 5.57. The van der Waals surface area contributed by atoms with Gasteiger partial charge in [0.15, 0.2) is 0 Å². The van der Waals surface area contributed by atoms with Crippen LogP contribution in [0.15, 0.2) is 0 Å². The van der Waals surface area contributed by atoms with Gasteiger partial charge >= 0.3 is 8.80 Å². The maximum absolute atomic E-state index is 5.76. The van der Waals surface area contributed by atoms with Gasteiger partial charge in [0, 0.05) is 26.4 Å². The van der Waals surface area contributed by atoms with Gasteiger partial charge in [-0.2, -0.15) is 0 Å². The second-order valence-corrected chi connectivity index (χ2v) is 6.12. The number of unbranched alkanes of at least 4 members (excludes halogenated alkanes) is 1. The number of hydrogen-bond acceptors (Lipinski definition) is 3. The quantitative estimate of drug-likeness (QED) is 0.559. The van der Waals surface area contributed by atoms with E-state index in [2.05, 4.69) is 13.8 Å². The Morgan fingerprint density at radius 3 is 2.14 bits per heavy atom. The lowest BCUT2D eigenvalue weighted by atomic mass is 10.4. The molecule has 0 saturated heterocycles. The predicted octanol–water partition coefficient (Wildman–Crippen LogP) is 2.83. The Labute approximate surface area is 89.1 Å². The van der Waals surface area contributed by atoms with Crippen molar-refractivity contribution in [2.75, 3.05) is 20.3 Å². The molecule has 4 heteroatoms. The summed E-state index contributed by atoms with van der Waals surface area (Å²) in [5.41, 5.74) is 0. The molecule has 0 saturated carbocycles. The van der Waals surface area contributed by atoms with E-state index >= 15 is 0 Å². The van der Waals surface area contributed by atoms with Crippen LogP contribution < -0.4 is 0 Å². The fourth-order valence-corrected chi connectivity index (χ4v) is 3.83. The molecule has 3 nitrogen and oxygen atoms in total. The Bertz CT molecular complexity index is 123. The van der Waals surface area contributed by atoms with Crippen LogP contribution in [0.2, 0.25) is 6.04 Å². The van der Waals surface area contributed by atoms with E-state index in [1.54, 1.807) is 7.11 Å². The molecule has 0 radical (unpaired) electrons. The van der Waals surface area contributed by atoms with E-state index < -0.39 is 8.80 Å². The van der Waals surface area contributed by atoms with Gasteiger partial charge in [-0.25, -0.2) is 0 Å². The van der Waals surface area contributed by atoms with Crippen molar-refractivity contribution in [1.29, 1.82) is 0 Å². The summed E-state index contributed by atoms with van der Waals surface area (Å²) in [7, 11) is -0.610. The molecule has 0 aliphatic rings. The normalized spacial score (nSPS) is 15.4. The van der Waals surface area contributed by atoms with E-state index in [1.807, 2.05) is 6.92 Å². The maximum atomic E-state index is 5.76. The molecule has 14 heavy (non-hydrogen) atoms. The van der Waals surface area contributed by atoms with E-state index in [4.69, 9.17) is 13.3 Å². The summed E-state index contributed by atoms with van der Waals surface area (Å²) in [4.78, 5) is 0. The van der Waals surface area contributed by atoms with Gasteiger partial charge in [0.25, 0.3) is 0 Å². The summed E-state index contributed by atoms with van der Waals surface area (Å²) in [6.45, 7) is 7.67. The van der Waals surface area contributed by atoms with Crippen LogP contribution in [0.25, 0.3) is 0 Å². The molecule has 0 aromatic rings. The Balaban J connectivity index is 4.11. The highest BCUT2D eigenvalue weighted by Crippen LogP contribution is 2.18. The second-order valence-electron chi connectivity index (χ2n) is 3.27. The van der Waals surface area contributed by atoms with Crippen LogP contribution in [0, 0.1) is 0 Å². The molecule has 86 valence electrons. The average Bonchev–Trinajstić information content (AvgIpc) is 2.22. The predicted molar refractivity (Wildman–Crippen MR) is 60.3 cm³/mol. The molecular weight excluding hydrogens is 196 g/mol.